The average molecular weight is 143 g/mol. The highest BCUT2D eigenvalue weighted by Gasteiger charge is 1.87. The van der Waals surface area contributed by atoms with Gasteiger partial charge in [-0.1, -0.05) is 19.4 Å². The van der Waals surface area contributed by atoms with Gasteiger partial charge in [-0.25, -0.2) is 0 Å². The summed E-state index contributed by atoms with van der Waals surface area (Å²) >= 11 is 1.85. The molecule has 0 unspecified atom stereocenters. The van der Waals surface area contributed by atoms with E-state index in [1.54, 1.807) is 0 Å². The third-order valence-electron chi connectivity index (χ3n) is 1.08. The van der Waals surface area contributed by atoms with Gasteiger partial charge in [-0.15, -0.1) is 11.3 Å². The van der Waals surface area contributed by atoms with E-state index in [9.17, 15) is 0 Å². The highest BCUT2D eigenvalue weighted by molar-refractivity contribution is 7.09. The van der Waals surface area contributed by atoms with Crippen molar-refractivity contribution in [2.45, 2.75) is 19.8 Å². The number of hydrogen-bond acceptors (Lipinski definition) is 2. The molecule has 0 aliphatic heterocycles. The smallest absolute Gasteiger partial charge is 0.00451 e. The lowest BCUT2D eigenvalue weighted by molar-refractivity contribution is 0.940. The topological polar surface area (TPSA) is 35.0 Å². The van der Waals surface area contributed by atoms with Crippen LogP contribution >= 0.6 is 11.3 Å². The zero-order valence-electron chi connectivity index (χ0n) is 5.76. The summed E-state index contributed by atoms with van der Waals surface area (Å²) in [6, 6.07) is 4.30. The van der Waals surface area contributed by atoms with Crippen molar-refractivity contribution < 1.29 is 0 Å². The van der Waals surface area contributed by atoms with Gasteiger partial charge >= 0.3 is 0 Å². The van der Waals surface area contributed by atoms with Crippen LogP contribution in [0.4, 0.5) is 0 Å². The van der Waals surface area contributed by atoms with Gasteiger partial charge in [-0.3, -0.25) is 0 Å². The minimum atomic E-state index is 0. The zero-order valence-corrected chi connectivity index (χ0v) is 6.58. The Morgan fingerprint density at radius 1 is 1.56 bits per heavy atom. The van der Waals surface area contributed by atoms with Crippen LogP contribution in [0.3, 0.4) is 0 Å². The molecule has 0 aliphatic rings. The Bertz CT molecular complexity index is 135. The van der Waals surface area contributed by atoms with Crippen LogP contribution in [0, 0.1) is 0 Å². The standard InChI is InChI=1S/C7H10S.H3N/c1-2-4-7-5-3-6-8-7;/h3,5-6H,2,4H2,1H3;1H3. The molecule has 0 radical (unpaired) electrons. The third kappa shape index (κ3) is 2.63. The molecule has 0 spiro atoms. The minimum absolute atomic E-state index is 0. The van der Waals surface area contributed by atoms with Crippen LogP contribution in [-0.4, -0.2) is 0 Å². The lowest BCUT2D eigenvalue weighted by atomic mass is 10.3. The lowest BCUT2D eigenvalue weighted by Crippen LogP contribution is -1.71. The molecule has 0 bridgehead atoms. The quantitative estimate of drug-likeness (QED) is 0.678. The van der Waals surface area contributed by atoms with Crippen molar-refractivity contribution in [2.24, 2.45) is 0 Å². The predicted molar refractivity (Wildman–Crippen MR) is 43.3 cm³/mol. The lowest BCUT2D eigenvalue weighted by Gasteiger charge is -1.85. The Hall–Kier alpha value is -0.340. The summed E-state index contributed by atoms with van der Waals surface area (Å²) < 4.78 is 0. The van der Waals surface area contributed by atoms with Crippen LogP contribution in [0.25, 0.3) is 0 Å². The van der Waals surface area contributed by atoms with Crippen molar-refractivity contribution in [3.05, 3.63) is 22.4 Å². The molecule has 1 aromatic rings. The van der Waals surface area contributed by atoms with E-state index in [2.05, 4.69) is 24.4 Å². The Morgan fingerprint density at radius 3 is 2.78 bits per heavy atom. The molecule has 9 heavy (non-hydrogen) atoms. The van der Waals surface area contributed by atoms with E-state index in [4.69, 9.17) is 0 Å². The Balaban J connectivity index is 0.000000640. The van der Waals surface area contributed by atoms with Crippen LogP contribution in [0.2, 0.25) is 0 Å². The van der Waals surface area contributed by atoms with Crippen LogP contribution in [0.1, 0.15) is 18.2 Å². The first kappa shape index (κ1) is 8.66. The van der Waals surface area contributed by atoms with Crippen LogP contribution in [0.5, 0.6) is 0 Å². The fourth-order valence-corrected chi connectivity index (χ4v) is 1.51. The fraction of sp³-hybridized carbons (Fsp3) is 0.429. The summed E-state index contributed by atoms with van der Waals surface area (Å²) in [5, 5.41) is 2.13. The van der Waals surface area contributed by atoms with Crippen molar-refractivity contribution >= 4 is 11.3 Å². The first-order chi connectivity index (χ1) is 3.93. The van der Waals surface area contributed by atoms with E-state index < -0.39 is 0 Å². The first-order valence-electron chi connectivity index (χ1n) is 2.96. The van der Waals surface area contributed by atoms with Gasteiger partial charge < -0.3 is 6.15 Å². The molecule has 0 fully saturated rings. The van der Waals surface area contributed by atoms with Gasteiger partial charge in [0, 0.05) is 4.88 Å². The number of hydrogen-bond donors (Lipinski definition) is 1. The number of aryl methyl sites for hydroxylation is 1. The highest BCUT2D eigenvalue weighted by Crippen LogP contribution is 2.09. The predicted octanol–water partition coefficient (Wildman–Crippen LogP) is 2.86. The maximum absolute atomic E-state index is 2.21. The van der Waals surface area contributed by atoms with Crippen molar-refractivity contribution in [3.8, 4) is 0 Å². The fourth-order valence-electron chi connectivity index (χ4n) is 0.701. The van der Waals surface area contributed by atoms with Crippen LogP contribution < -0.4 is 6.15 Å². The Kier molecular flexibility index (Phi) is 4.36. The van der Waals surface area contributed by atoms with E-state index in [0.29, 0.717) is 0 Å². The molecule has 1 aromatic heterocycles. The first-order valence-corrected chi connectivity index (χ1v) is 3.84. The van der Waals surface area contributed by atoms with E-state index in [1.807, 2.05) is 11.3 Å². The van der Waals surface area contributed by atoms with E-state index in [-0.39, 0.29) is 6.15 Å². The third-order valence-corrected chi connectivity index (χ3v) is 2.01. The van der Waals surface area contributed by atoms with Gasteiger partial charge in [0.05, 0.1) is 0 Å². The average Bonchev–Trinajstić information content (AvgIpc) is 2.19. The minimum Gasteiger partial charge on any atom is -0.344 e. The van der Waals surface area contributed by atoms with Gasteiger partial charge in [0.2, 0.25) is 0 Å². The SMILES string of the molecule is CCCc1cccs1.N. The number of rotatable bonds is 2. The molecule has 0 atom stereocenters. The zero-order chi connectivity index (χ0) is 5.82. The monoisotopic (exact) mass is 143 g/mol. The summed E-state index contributed by atoms with van der Waals surface area (Å²) in [6.45, 7) is 2.21. The molecule has 52 valence electrons. The molecule has 1 rings (SSSR count). The molecule has 1 heterocycles. The summed E-state index contributed by atoms with van der Waals surface area (Å²) in [5.41, 5.74) is 0. The molecule has 0 saturated heterocycles. The normalized spacial score (nSPS) is 8.56. The molecule has 2 heteroatoms. The van der Waals surface area contributed by atoms with E-state index in [0.717, 1.165) is 0 Å². The highest BCUT2D eigenvalue weighted by atomic mass is 32.1. The van der Waals surface area contributed by atoms with Gasteiger partial charge in [-0.2, -0.15) is 0 Å². The van der Waals surface area contributed by atoms with Gasteiger partial charge in [-0.05, 0) is 17.9 Å². The van der Waals surface area contributed by atoms with Gasteiger partial charge in [0.15, 0.2) is 0 Å². The largest absolute Gasteiger partial charge is 0.344 e. The molecule has 0 aliphatic carbocycles. The molecule has 0 aromatic carbocycles. The van der Waals surface area contributed by atoms with Crippen LogP contribution in [0.15, 0.2) is 17.5 Å². The molecule has 3 N–H and O–H groups in total. The maximum Gasteiger partial charge on any atom is 0.00451 e. The van der Waals surface area contributed by atoms with Crippen molar-refractivity contribution in [2.75, 3.05) is 0 Å². The van der Waals surface area contributed by atoms with Crippen molar-refractivity contribution in [3.63, 3.8) is 0 Å². The van der Waals surface area contributed by atoms with Gasteiger partial charge in [0.1, 0.15) is 0 Å². The second-order valence-electron chi connectivity index (χ2n) is 1.83. The maximum atomic E-state index is 2.21. The molecule has 0 amide bonds. The van der Waals surface area contributed by atoms with Gasteiger partial charge in [0.25, 0.3) is 0 Å². The van der Waals surface area contributed by atoms with E-state index in [1.165, 1.54) is 17.7 Å². The summed E-state index contributed by atoms with van der Waals surface area (Å²) in [7, 11) is 0. The molecular formula is C7H13NS. The van der Waals surface area contributed by atoms with Crippen LogP contribution in [-0.2, 0) is 6.42 Å². The Morgan fingerprint density at radius 2 is 2.33 bits per heavy atom. The summed E-state index contributed by atoms with van der Waals surface area (Å²) in [6.07, 6.45) is 2.51. The summed E-state index contributed by atoms with van der Waals surface area (Å²) in [4.78, 5) is 1.51. The summed E-state index contributed by atoms with van der Waals surface area (Å²) in [5.74, 6) is 0. The molecule has 0 saturated carbocycles. The van der Waals surface area contributed by atoms with E-state index >= 15 is 0 Å². The second-order valence-corrected chi connectivity index (χ2v) is 2.86. The Labute approximate surface area is 60.3 Å². The van der Waals surface area contributed by atoms with Crippen molar-refractivity contribution in [1.82, 2.24) is 6.15 Å². The second kappa shape index (κ2) is 4.53. The number of thiophene rings is 1. The molecule has 1 nitrogen and oxygen atoms in total. The van der Waals surface area contributed by atoms with Crippen molar-refractivity contribution in [1.29, 1.82) is 0 Å². The molecular weight excluding hydrogens is 130 g/mol.